The van der Waals surface area contributed by atoms with Crippen LogP contribution in [0.4, 0.5) is 0 Å². The minimum atomic E-state index is 0.309. The fourth-order valence-electron chi connectivity index (χ4n) is 8.20. The summed E-state index contributed by atoms with van der Waals surface area (Å²) < 4.78 is 0. The monoisotopic (exact) mass is 410 g/mol. The number of aromatic amines is 1. The molecule has 0 unspecified atom stereocenters. The number of hydrogen-bond donors (Lipinski definition) is 2. The number of likely N-dealkylation sites (tertiary alicyclic amines) is 1. The number of allylic oxidation sites excluding steroid dienone is 1. The summed E-state index contributed by atoms with van der Waals surface area (Å²) in [6, 6.07) is 0. The number of fused-ring (bicyclic) bond motifs is 2. The van der Waals surface area contributed by atoms with Crippen molar-refractivity contribution in [2.24, 2.45) is 40.2 Å². The molecule has 1 aliphatic heterocycles. The van der Waals surface area contributed by atoms with Gasteiger partial charge in [-0.2, -0.15) is 5.10 Å². The Balaban J connectivity index is 1.46. The van der Waals surface area contributed by atoms with Crippen LogP contribution in [0.25, 0.3) is 0 Å². The Morgan fingerprint density at radius 1 is 1.20 bits per heavy atom. The molecule has 1 aromatic heterocycles. The number of nitrogens with two attached hydrogens (primary N) is 1. The maximum absolute atomic E-state index is 6.57. The Morgan fingerprint density at radius 3 is 2.77 bits per heavy atom. The third-order valence-corrected chi connectivity index (χ3v) is 10.2. The van der Waals surface area contributed by atoms with Crippen LogP contribution in [0.15, 0.2) is 18.3 Å². The van der Waals surface area contributed by atoms with Crippen molar-refractivity contribution < 1.29 is 0 Å². The summed E-state index contributed by atoms with van der Waals surface area (Å²) in [6.45, 7) is 14.3. The molecule has 2 saturated carbocycles. The molecule has 6 atom stereocenters. The number of hydrogen-bond acceptors (Lipinski definition) is 3. The second-order valence-corrected chi connectivity index (χ2v) is 11.5. The second kappa shape index (κ2) is 7.78. The summed E-state index contributed by atoms with van der Waals surface area (Å²) in [4.78, 5) is 2.76. The van der Waals surface area contributed by atoms with Crippen molar-refractivity contribution in [3.05, 3.63) is 29.6 Å². The van der Waals surface area contributed by atoms with Crippen LogP contribution in [0.1, 0.15) is 70.1 Å². The summed E-state index contributed by atoms with van der Waals surface area (Å²) in [7, 11) is 0. The third kappa shape index (κ3) is 3.21. The highest BCUT2D eigenvalue weighted by atomic mass is 15.1. The minimum Gasteiger partial charge on any atom is -0.330 e. The molecule has 4 aliphatic rings. The van der Waals surface area contributed by atoms with Gasteiger partial charge in [0, 0.05) is 12.2 Å². The van der Waals surface area contributed by atoms with Crippen molar-refractivity contribution in [1.29, 1.82) is 0 Å². The fraction of sp³-hybridized carbons (Fsp3) is 0.808. The van der Waals surface area contributed by atoms with Crippen molar-refractivity contribution >= 4 is 0 Å². The third-order valence-electron chi connectivity index (χ3n) is 10.2. The van der Waals surface area contributed by atoms with Crippen molar-refractivity contribution in [3.8, 4) is 0 Å². The molecule has 3 N–H and O–H groups in total. The molecule has 0 bridgehead atoms. The highest BCUT2D eigenvalue weighted by molar-refractivity contribution is 5.26. The molecule has 166 valence electrons. The van der Waals surface area contributed by atoms with E-state index in [1.165, 1.54) is 87.8 Å². The van der Waals surface area contributed by atoms with Gasteiger partial charge in [-0.3, -0.25) is 5.10 Å². The molecule has 0 spiro atoms. The predicted molar refractivity (Wildman–Crippen MR) is 123 cm³/mol. The first-order valence-corrected chi connectivity index (χ1v) is 12.6. The number of nitrogens with one attached hydrogen (secondary N) is 1. The fourth-order valence-corrected chi connectivity index (χ4v) is 8.20. The van der Waals surface area contributed by atoms with Crippen LogP contribution in [0.5, 0.6) is 0 Å². The molecule has 1 saturated heterocycles. The van der Waals surface area contributed by atoms with E-state index in [-0.39, 0.29) is 0 Å². The summed E-state index contributed by atoms with van der Waals surface area (Å²) in [5.41, 5.74) is 11.6. The number of aromatic nitrogens is 2. The molecule has 5 rings (SSSR count). The first-order chi connectivity index (χ1) is 14.5. The molecule has 4 nitrogen and oxygen atoms in total. The van der Waals surface area contributed by atoms with Crippen molar-refractivity contribution in [3.63, 3.8) is 0 Å². The summed E-state index contributed by atoms with van der Waals surface area (Å²) >= 11 is 0. The van der Waals surface area contributed by atoms with E-state index in [1.54, 1.807) is 0 Å². The summed E-state index contributed by atoms with van der Waals surface area (Å²) in [5, 5.41) is 7.77. The Kier molecular flexibility index (Phi) is 5.38. The Bertz CT molecular complexity index is 778. The highest BCUT2D eigenvalue weighted by Crippen LogP contribution is 2.62. The molecule has 0 aromatic carbocycles. The Hall–Kier alpha value is -1.13. The molecule has 2 heterocycles. The van der Waals surface area contributed by atoms with E-state index in [9.17, 15) is 0 Å². The molecular weight excluding hydrogens is 368 g/mol. The number of rotatable bonds is 4. The van der Waals surface area contributed by atoms with Crippen molar-refractivity contribution in [1.82, 2.24) is 15.1 Å². The van der Waals surface area contributed by atoms with Crippen molar-refractivity contribution in [2.75, 3.05) is 26.2 Å². The van der Waals surface area contributed by atoms with Crippen LogP contribution in [-0.2, 0) is 12.8 Å². The Morgan fingerprint density at radius 2 is 2.00 bits per heavy atom. The van der Waals surface area contributed by atoms with Crippen LogP contribution in [0.2, 0.25) is 0 Å². The van der Waals surface area contributed by atoms with Gasteiger partial charge in [0.15, 0.2) is 0 Å². The van der Waals surface area contributed by atoms with Gasteiger partial charge in [0.05, 0.1) is 6.20 Å². The smallest absolute Gasteiger partial charge is 0.0522 e. The normalized spacial score (nSPS) is 42.2. The van der Waals surface area contributed by atoms with E-state index in [0.29, 0.717) is 28.6 Å². The van der Waals surface area contributed by atoms with Crippen molar-refractivity contribution in [2.45, 2.75) is 71.6 Å². The number of nitrogens with zero attached hydrogens (tertiary/aromatic N) is 2. The maximum atomic E-state index is 6.57. The average molecular weight is 411 g/mol. The van der Waals surface area contributed by atoms with E-state index in [4.69, 9.17) is 5.73 Å². The lowest BCUT2D eigenvalue weighted by Crippen LogP contribution is -2.54. The minimum absolute atomic E-state index is 0.309. The van der Waals surface area contributed by atoms with Gasteiger partial charge in [-0.05, 0) is 111 Å². The quantitative estimate of drug-likeness (QED) is 0.715. The standard InChI is InChI=1S/C26H42N4/c1-18-7-8-22-21(15-27)23(9-10-25(18,22)2)26(3)14-19-16-28-29-24(19)13-20(26)17-30-11-5-4-6-12-30/h16,20-23H,1,4-15,17,27H2,2-3H3,(H,28,29)/t20-,21+,22+,23+,25-,26+/m1/s1. The molecule has 3 aliphatic carbocycles. The zero-order valence-electron chi connectivity index (χ0n) is 19.3. The van der Waals surface area contributed by atoms with Gasteiger partial charge in [-0.1, -0.05) is 32.4 Å². The summed E-state index contributed by atoms with van der Waals surface area (Å²) in [6.07, 6.45) is 13.7. The van der Waals surface area contributed by atoms with E-state index >= 15 is 0 Å². The van der Waals surface area contributed by atoms with Crippen LogP contribution in [0.3, 0.4) is 0 Å². The van der Waals surface area contributed by atoms with Gasteiger partial charge in [0.2, 0.25) is 0 Å². The topological polar surface area (TPSA) is 57.9 Å². The van der Waals surface area contributed by atoms with E-state index < -0.39 is 0 Å². The molecule has 0 radical (unpaired) electrons. The molecule has 30 heavy (non-hydrogen) atoms. The predicted octanol–water partition coefficient (Wildman–Crippen LogP) is 4.57. The van der Waals surface area contributed by atoms with Crippen LogP contribution in [-0.4, -0.2) is 41.3 Å². The molecule has 4 heteroatoms. The van der Waals surface area contributed by atoms with Gasteiger partial charge >= 0.3 is 0 Å². The second-order valence-electron chi connectivity index (χ2n) is 11.5. The lowest BCUT2D eigenvalue weighted by atomic mass is 9.49. The molecule has 1 aromatic rings. The van der Waals surface area contributed by atoms with Crippen LogP contribution < -0.4 is 5.73 Å². The lowest BCUT2D eigenvalue weighted by molar-refractivity contribution is -0.0495. The average Bonchev–Trinajstić information content (AvgIpc) is 3.31. The molecule has 0 amide bonds. The van der Waals surface area contributed by atoms with Crippen LogP contribution >= 0.6 is 0 Å². The van der Waals surface area contributed by atoms with Gasteiger partial charge in [-0.15, -0.1) is 0 Å². The summed E-state index contributed by atoms with van der Waals surface area (Å²) in [5.74, 6) is 2.76. The number of H-pyrrole nitrogens is 1. The largest absolute Gasteiger partial charge is 0.330 e. The van der Waals surface area contributed by atoms with E-state index in [0.717, 1.165) is 18.9 Å². The first kappa shape index (κ1) is 20.8. The van der Waals surface area contributed by atoms with Crippen LogP contribution in [0, 0.1) is 34.5 Å². The van der Waals surface area contributed by atoms with Gasteiger partial charge in [-0.25, -0.2) is 0 Å². The number of piperidine rings is 1. The Labute approximate surface area is 183 Å². The first-order valence-electron chi connectivity index (χ1n) is 12.6. The molecular formula is C26H42N4. The molecule has 3 fully saturated rings. The van der Waals surface area contributed by atoms with Gasteiger partial charge in [0.25, 0.3) is 0 Å². The van der Waals surface area contributed by atoms with E-state index in [1.807, 2.05) is 0 Å². The zero-order valence-corrected chi connectivity index (χ0v) is 19.3. The van der Waals surface area contributed by atoms with E-state index in [2.05, 4.69) is 41.7 Å². The zero-order chi connectivity index (χ0) is 20.9. The highest BCUT2D eigenvalue weighted by Gasteiger charge is 2.56. The SMILES string of the molecule is C=C1CC[C@H]2[C@H](CN)[C@@H]([C@@]3(C)Cc4cn[nH]c4C[C@@H]3CN3CCCCC3)CC[C@]12C. The van der Waals surface area contributed by atoms with Gasteiger partial charge < -0.3 is 10.6 Å². The lowest BCUT2D eigenvalue weighted by Gasteiger charge is -2.56. The van der Waals surface area contributed by atoms with Gasteiger partial charge in [0.1, 0.15) is 0 Å². The maximum Gasteiger partial charge on any atom is 0.0522 e.